The number of nitrogens with one attached hydrogen (secondary N) is 1. The highest BCUT2D eigenvalue weighted by Crippen LogP contribution is 2.03. The summed E-state index contributed by atoms with van der Waals surface area (Å²) in [5.41, 5.74) is 0. The molecule has 0 saturated heterocycles. The lowest BCUT2D eigenvalue weighted by Gasteiger charge is -2.04. The number of amides is 1. The molecule has 0 unspecified atom stereocenters. The molecule has 1 amide bonds. The van der Waals surface area contributed by atoms with Gasteiger partial charge in [-0.3, -0.25) is 10.1 Å². The van der Waals surface area contributed by atoms with Gasteiger partial charge in [0.15, 0.2) is 0 Å². The fourth-order valence-electron chi connectivity index (χ4n) is 1.18. The Hall–Kier alpha value is -1.46. The van der Waals surface area contributed by atoms with Crippen molar-refractivity contribution in [3.05, 3.63) is 0 Å². The lowest BCUT2D eigenvalue weighted by Crippen LogP contribution is -2.16. The molecule has 0 atom stereocenters. The zero-order chi connectivity index (χ0) is 11.1. The highest BCUT2D eigenvalue weighted by atomic mass is 16.1. The number of nitrogens with zero attached hydrogens (tertiary/aromatic N) is 4. The van der Waals surface area contributed by atoms with Gasteiger partial charge in [-0.2, -0.15) is 0 Å². The number of aromatic nitrogens is 4. The van der Waals surface area contributed by atoms with Crippen molar-refractivity contribution in [3.63, 3.8) is 0 Å². The van der Waals surface area contributed by atoms with Gasteiger partial charge in [-0.15, -0.1) is 0 Å². The van der Waals surface area contributed by atoms with E-state index < -0.39 is 0 Å². The van der Waals surface area contributed by atoms with E-state index in [2.05, 4.69) is 27.8 Å². The van der Waals surface area contributed by atoms with Gasteiger partial charge >= 0.3 is 0 Å². The van der Waals surface area contributed by atoms with E-state index in [1.807, 2.05) is 6.92 Å². The number of unbranched alkanes of at least 4 members (excludes halogenated alkanes) is 1. The molecule has 1 aromatic heterocycles. The van der Waals surface area contributed by atoms with Crippen LogP contribution in [0.25, 0.3) is 0 Å². The molecule has 6 nitrogen and oxygen atoms in total. The van der Waals surface area contributed by atoms with Gasteiger partial charge in [0, 0.05) is 13.0 Å². The zero-order valence-electron chi connectivity index (χ0n) is 9.23. The number of tetrazole rings is 1. The van der Waals surface area contributed by atoms with E-state index in [9.17, 15) is 4.79 Å². The van der Waals surface area contributed by atoms with Gasteiger partial charge in [0.2, 0.25) is 11.9 Å². The van der Waals surface area contributed by atoms with Crippen LogP contribution in [-0.4, -0.2) is 26.1 Å². The maximum atomic E-state index is 11.4. The Morgan fingerprint density at radius 2 is 2.20 bits per heavy atom. The minimum atomic E-state index is -0.0241. The molecule has 0 aliphatic carbocycles. The first-order valence-corrected chi connectivity index (χ1v) is 5.34. The molecule has 1 rings (SSSR count). The van der Waals surface area contributed by atoms with Gasteiger partial charge in [-0.25, -0.2) is 4.68 Å². The second kappa shape index (κ2) is 6.10. The molecular weight excluding hydrogens is 194 g/mol. The van der Waals surface area contributed by atoms with Crippen LogP contribution in [0.3, 0.4) is 0 Å². The van der Waals surface area contributed by atoms with Crippen molar-refractivity contribution in [1.82, 2.24) is 20.2 Å². The Balaban J connectivity index is 2.48. The summed E-state index contributed by atoms with van der Waals surface area (Å²) in [7, 11) is 0. The number of carbonyl (C=O) groups excluding carboxylic acids is 1. The van der Waals surface area contributed by atoms with Gasteiger partial charge in [-0.1, -0.05) is 25.4 Å². The summed E-state index contributed by atoms with van der Waals surface area (Å²) in [4.78, 5) is 11.4. The molecule has 0 aromatic carbocycles. The van der Waals surface area contributed by atoms with E-state index >= 15 is 0 Å². The van der Waals surface area contributed by atoms with Crippen LogP contribution in [-0.2, 0) is 11.3 Å². The number of rotatable bonds is 6. The molecular formula is C9H17N5O. The highest BCUT2D eigenvalue weighted by molar-refractivity contribution is 5.88. The molecule has 0 fully saturated rings. The zero-order valence-corrected chi connectivity index (χ0v) is 9.23. The van der Waals surface area contributed by atoms with Crippen LogP contribution >= 0.6 is 0 Å². The third kappa shape index (κ3) is 3.65. The molecule has 0 saturated carbocycles. The van der Waals surface area contributed by atoms with E-state index in [0.29, 0.717) is 12.4 Å². The molecule has 0 radical (unpaired) electrons. The summed E-state index contributed by atoms with van der Waals surface area (Å²) < 4.78 is 1.60. The fraction of sp³-hybridized carbons (Fsp3) is 0.778. The number of hydrogen-bond donors (Lipinski definition) is 1. The van der Waals surface area contributed by atoms with Gasteiger partial charge in [0.1, 0.15) is 0 Å². The quantitative estimate of drug-likeness (QED) is 0.767. The Labute approximate surface area is 89.0 Å². The normalized spacial score (nSPS) is 10.3. The third-order valence-electron chi connectivity index (χ3n) is 1.98. The molecule has 84 valence electrons. The molecule has 0 aliphatic heterocycles. The third-order valence-corrected chi connectivity index (χ3v) is 1.98. The Bertz CT molecular complexity index is 309. The maximum absolute atomic E-state index is 11.4. The van der Waals surface area contributed by atoms with E-state index in [0.717, 1.165) is 25.8 Å². The molecule has 1 aromatic rings. The van der Waals surface area contributed by atoms with Crippen LogP contribution in [0.15, 0.2) is 0 Å². The lowest BCUT2D eigenvalue weighted by molar-refractivity contribution is -0.116. The lowest BCUT2D eigenvalue weighted by atomic mass is 10.2. The van der Waals surface area contributed by atoms with E-state index in [4.69, 9.17) is 0 Å². The van der Waals surface area contributed by atoms with Gasteiger partial charge in [0.05, 0.1) is 0 Å². The highest BCUT2D eigenvalue weighted by Gasteiger charge is 2.08. The largest absolute Gasteiger partial charge is 0.293 e. The van der Waals surface area contributed by atoms with Crippen molar-refractivity contribution in [2.24, 2.45) is 0 Å². The van der Waals surface area contributed by atoms with Crippen molar-refractivity contribution in [2.45, 2.75) is 46.1 Å². The summed E-state index contributed by atoms with van der Waals surface area (Å²) in [5.74, 6) is 0.418. The molecule has 0 spiro atoms. The average molecular weight is 211 g/mol. The SMILES string of the molecule is CCCCC(=O)Nc1nnnn1CCC. The predicted octanol–water partition coefficient (Wildman–Crippen LogP) is 1.21. The molecule has 0 aliphatic rings. The molecule has 6 heteroatoms. The standard InChI is InChI=1S/C9H17N5O/c1-3-5-6-8(15)10-9-11-12-13-14(9)7-4-2/h3-7H2,1-2H3,(H,10,11,13,15). The smallest absolute Gasteiger partial charge is 0.249 e. The van der Waals surface area contributed by atoms with Crippen LogP contribution in [0, 0.1) is 0 Å². The average Bonchev–Trinajstić information content (AvgIpc) is 2.63. The monoisotopic (exact) mass is 211 g/mol. The van der Waals surface area contributed by atoms with Gasteiger partial charge < -0.3 is 0 Å². The second-order valence-corrected chi connectivity index (χ2v) is 3.38. The molecule has 1 heterocycles. The number of hydrogen-bond acceptors (Lipinski definition) is 4. The van der Waals surface area contributed by atoms with Crippen LogP contribution in [0.1, 0.15) is 39.5 Å². The van der Waals surface area contributed by atoms with Crippen LogP contribution < -0.4 is 5.32 Å². The second-order valence-electron chi connectivity index (χ2n) is 3.38. The minimum Gasteiger partial charge on any atom is -0.293 e. The van der Waals surface area contributed by atoms with Crippen LogP contribution in [0.4, 0.5) is 5.95 Å². The summed E-state index contributed by atoms with van der Waals surface area (Å²) in [5, 5.41) is 13.8. The predicted molar refractivity (Wildman–Crippen MR) is 56.3 cm³/mol. The molecule has 1 N–H and O–H groups in total. The molecule has 15 heavy (non-hydrogen) atoms. The van der Waals surface area contributed by atoms with Crippen molar-refractivity contribution in [2.75, 3.05) is 5.32 Å². The first kappa shape index (κ1) is 11.6. The van der Waals surface area contributed by atoms with Crippen molar-refractivity contribution < 1.29 is 4.79 Å². The Morgan fingerprint density at radius 3 is 2.87 bits per heavy atom. The summed E-state index contributed by atoms with van der Waals surface area (Å²) in [6.07, 6.45) is 3.35. The summed E-state index contributed by atoms with van der Waals surface area (Å²) in [6, 6.07) is 0. The molecule has 0 bridgehead atoms. The van der Waals surface area contributed by atoms with E-state index in [1.165, 1.54) is 0 Å². The summed E-state index contributed by atoms with van der Waals surface area (Å²) >= 11 is 0. The van der Waals surface area contributed by atoms with Crippen LogP contribution in [0.2, 0.25) is 0 Å². The summed E-state index contributed by atoms with van der Waals surface area (Å²) in [6.45, 7) is 4.80. The first-order valence-electron chi connectivity index (χ1n) is 5.34. The first-order chi connectivity index (χ1) is 7.27. The maximum Gasteiger partial charge on any atom is 0.249 e. The van der Waals surface area contributed by atoms with Crippen molar-refractivity contribution in [3.8, 4) is 0 Å². The van der Waals surface area contributed by atoms with E-state index in [-0.39, 0.29) is 5.91 Å². The minimum absolute atomic E-state index is 0.0241. The van der Waals surface area contributed by atoms with Crippen LogP contribution in [0.5, 0.6) is 0 Å². The Morgan fingerprint density at radius 1 is 1.40 bits per heavy atom. The fourth-order valence-corrected chi connectivity index (χ4v) is 1.18. The Kier molecular flexibility index (Phi) is 4.73. The van der Waals surface area contributed by atoms with Gasteiger partial charge in [0.25, 0.3) is 0 Å². The van der Waals surface area contributed by atoms with Crippen molar-refractivity contribution >= 4 is 11.9 Å². The number of carbonyl (C=O) groups is 1. The van der Waals surface area contributed by atoms with Crippen molar-refractivity contribution in [1.29, 1.82) is 0 Å². The van der Waals surface area contributed by atoms with E-state index in [1.54, 1.807) is 4.68 Å². The van der Waals surface area contributed by atoms with Gasteiger partial charge in [-0.05, 0) is 23.3 Å². The number of anilines is 1. The number of aryl methyl sites for hydroxylation is 1. The topological polar surface area (TPSA) is 72.7 Å².